The number of benzene rings is 10. The summed E-state index contributed by atoms with van der Waals surface area (Å²) >= 11 is 32.7. The van der Waals surface area contributed by atoms with E-state index in [-0.39, 0.29) is 98.7 Å². The highest BCUT2D eigenvalue weighted by molar-refractivity contribution is 9.10. The summed E-state index contributed by atoms with van der Waals surface area (Å²) in [6, 6.07) is 75.2. The van der Waals surface area contributed by atoms with Crippen molar-refractivity contribution in [2.24, 2.45) is 0 Å². The van der Waals surface area contributed by atoms with Gasteiger partial charge in [-0.25, -0.2) is 42.7 Å². The van der Waals surface area contributed by atoms with Crippen molar-refractivity contribution in [3.63, 3.8) is 0 Å². The van der Waals surface area contributed by atoms with E-state index in [0.29, 0.717) is 104 Å². The number of aromatic hydroxyl groups is 1. The molecule has 0 saturated heterocycles. The van der Waals surface area contributed by atoms with Crippen LogP contribution in [0, 0.1) is 5.82 Å². The summed E-state index contributed by atoms with van der Waals surface area (Å²) < 4.78 is 24.8. The van der Waals surface area contributed by atoms with Crippen LogP contribution in [0.2, 0.25) is 20.1 Å². The van der Waals surface area contributed by atoms with Crippen LogP contribution in [0.15, 0.2) is 292 Å². The van der Waals surface area contributed by atoms with Gasteiger partial charge in [0.15, 0.2) is 0 Å². The lowest BCUT2D eigenvalue weighted by molar-refractivity contribution is -0.117. The number of rotatable bonds is 27. The number of carboxylic acid groups (broad SMARTS) is 5. The van der Waals surface area contributed by atoms with E-state index in [1.165, 1.54) is 40.9 Å². The molecular weight excluding hydrogens is 1940 g/mol. The lowest BCUT2D eigenvalue weighted by atomic mass is 10.0. The third kappa shape index (κ3) is 28.6. The number of hydrogen-bond acceptors (Lipinski definition) is 18. The molecule has 15 aromatic rings. The van der Waals surface area contributed by atoms with E-state index >= 15 is 0 Å². The first kappa shape index (κ1) is 98.8. The second-order valence-corrected chi connectivity index (χ2v) is 34.8. The summed E-state index contributed by atoms with van der Waals surface area (Å²) in [5, 5.41) is 84.9. The maximum absolute atomic E-state index is 13.6. The lowest BCUT2D eigenvalue weighted by Gasteiger charge is -2.08. The Morgan fingerprint density at radius 1 is 0.333 bits per heavy atom. The summed E-state index contributed by atoms with van der Waals surface area (Å²) in [5.41, 5.74) is 10.3. The van der Waals surface area contributed by atoms with Gasteiger partial charge in [0.1, 0.15) is 77.6 Å². The molecular formula is C97H74BrCl4FN6O18S5. The van der Waals surface area contributed by atoms with Crippen LogP contribution in [0.5, 0.6) is 5.75 Å². The van der Waals surface area contributed by atoms with E-state index in [2.05, 4.69) is 47.8 Å². The largest absolute Gasteiger partial charge is 0.508 e. The Labute approximate surface area is 802 Å². The number of hydrogen-bond donors (Lipinski definition) is 12. The number of carbonyl (C=O) groups excluding carboxylic acids is 5. The molecule has 5 heterocycles. The molecule has 0 fully saturated rings. The van der Waals surface area contributed by atoms with Crippen LogP contribution in [-0.2, 0) is 51.7 Å². The van der Waals surface area contributed by atoms with Crippen molar-refractivity contribution < 1.29 is 92.4 Å². The van der Waals surface area contributed by atoms with Crippen molar-refractivity contribution in [1.29, 1.82) is 0 Å². The summed E-state index contributed by atoms with van der Waals surface area (Å²) in [4.78, 5) is 119. The van der Waals surface area contributed by atoms with Crippen molar-refractivity contribution >= 4 is 204 Å². The van der Waals surface area contributed by atoms with Gasteiger partial charge in [0, 0.05) is 104 Å². The second kappa shape index (κ2) is 48.7. The van der Waals surface area contributed by atoms with Crippen molar-refractivity contribution in [2.75, 3.05) is 26.6 Å². The number of urea groups is 1. The summed E-state index contributed by atoms with van der Waals surface area (Å²) in [7, 11) is 0. The van der Waals surface area contributed by atoms with Crippen LogP contribution in [0.3, 0.4) is 0 Å². The van der Waals surface area contributed by atoms with Gasteiger partial charge in [-0.3, -0.25) is 25.5 Å². The third-order valence-corrected chi connectivity index (χ3v) is 25.0. The van der Waals surface area contributed by atoms with E-state index in [1.54, 1.807) is 154 Å². The standard InChI is InChI=1S/C20H15ClFNO3S.C20H17NO4S.C19H15BrN2O3S.C19H13Cl2NO4S.C19H14ClNO4S/c21-14-8-5-12(6-9-14)15-11-27-19(18(15)20(25)26)23-17(24)10-7-13-3-1-2-4-16(13)22;22-15-9-7-14(8-10-15)16-12-26-19(18(16)20(24)25)21-17(23)11-6-13-4-2-1-3-5-13;20-14-8-6-13(7-9-14)15-11-26-17(16(15)18(23)24)22-19(25)21-10-12-4-2-1-3-5-12;20-13-7-5-11(6-8-13)14-10-27-17(16(14)18(23)24)22-19(25)26-9-12-3-1-2-4-15(12)21;20-14-8-6-13(7-9-14)15-11-26-17(16(15)18(22)23)21-19(24)25-10-12-4-2-1-3-5-12/h1-6,8-9,11H,7,10H2,(H,23,24)(H,25,26);1-5,7-10,12,22H,6,11H2,(H,21,23)(H,24,25);1-9,11H,10H2,(H,23,24)(H2,21,22,25);1-8,10H,9H2,(H,22,25)(H,23,24);1-9,11H,10H2,(H,21,24)(H,22,23). The Hall–Kier alpha value is -13.8. The average molecular weight is 2010 g/mol. The van der Waals surface area contributed by atoms with Crippen LogP contribution in [-0.4, -0.2) is 90.5 Å². The Morgan fingerprint density at radius 3 is 1.02 bits per heavy atom. The number of carboxylic acids is 5. The zero-order chi connectivity index (χ0) is 94.3. The molecule has 15 rings (SSSR count). The van der Waals surface area contributed by atoms with Gasteiger partial charge in [-0.05, 0) is 136 Å². The zero-order valence-corrected chi connectivity index (χ0v) is 77.2. The van der Waals surface area contributed by atoms with Gasteiger partial charge >= 0.3 is 48.1 Å². The Morgan fingerprint density at radius 2 is 0.644 bits per heavy atom. The molecule has 0 bridgehead atoms. The number of aromatic carboxylic acids is 5. The van der Waals surface area contributed by atoms with Crippen molar-refractivity contribution in [2.45, 2.75) is 45.4 Å². The highest BCUT2D eigenvalue weighted by Crippen LogP contribution is 2.42. The quantitative estimate of drug-likeness (QED) is 0.0227. The minimum absolute atomic E-state index is 0.00276. The monoisotopic (exact) mass is 2010 g/mol. The first-order chi connectivity index (χ1) is 63.5. The Bertz CT molecular complexity index is 6040. The maximum Gasteiger partial charge on any atom is 0.412 e. The van der Waals surface area contributed by atoms with E-state index in [4.69, 9.17) is 55.9 Å². The van der Waals surface area contributed by atoms with E-state index in [1.807, 2.05) is 115 Å². The molecule has 0 aliphatic heterocycles. The minimum Gasteiger partial charge on any atom is -0.508 e. The molecule has 10 aromatic carbocycles. The van der Waals surface area contributed by atoms with Gasteiger partial charge in [-0.1, -0.05) is 250 Å². The SMILES string of the molecule is O=C(CCc1ccccc1)Nc1scc(-c2ccc(O)cc2)c1C(=O)O.O=C(CCc1ccccc1F)Nc1scc(-c2ccc(Cl)cc2)c1C(=O)O.O=C(NCc1ccccc1)Nc1scc(-c2ccc(Br)cc2)c1C(=O)O.O=C(Nc1scc(-c2ccc(Cl)cc2)c1C(=O)O)OCc1ccccc1.O=C(Nc1scc(-c2ccc(Cl)cc2)c1C(=O)O)OCc1ccccc1Cl. The van der Waals surface area contributed by atoms with Crippen LogP contribution in [0.4, 0.5) is 43.8 Å². The molecule has 0 aliphatic carbocycles. The van der Waals surface area contributed by atoms with Gasteiger partial charge in [-0.2, -0.15) is 0 Å². The predicted molar refractivity (Wildman–Crippen MR) is 523 cm³/mol. The number of anilines is 5. The van der Waals surface area contributed by atoms with Crippen molar-refractivity contribution in [3.8, 4) is 61.4 Å². The van der Waals surface area contributed by atoms with Crippen LogP contribution < -0.4 is 31.9 Å². The van der Waals surface area contributed by atoms with Crippen molar-refractivity contribution in [3.05, 3.63) is 374 Å². The molecule has 0 unspecified atom stereocenters. The highest BCUT2D eigenvalue weighted by Gasteiger charge is 2.28. The second-order valence-electron chi connectivity index (χ2n) is 27.8. The number of phenolic OH excluding ortho intramolecular Hbond substituents is 1. The van der Waals surface area contributed by atoms with Crippen LogP contribution in [0.1, 0.15) is 92.4 Å². The van der Waals surface area contributed by atoms with Gasteiger partial charge in [0.05, 0.1) is 0 Å². The fourth-order valence-electron chi connectivity index (χ4n) is 12.4. The predicted octanol–water partition coefficient (Wildman–Crippen LogP) is 26.7. The number of thiophene rings is 5. The first-order valence-electron chi connectivity index (χ1n) is 39.2. The molecule has 0 saturated carbocycles. The molecule has 672 valence electrons. The summed E-state index contributed by atoms with van der Waals surface area (Å²) in [6.07, 6.45) is -0.326. The fraction of sp³-hybridized carbons (Fsp3) is 0.0722. The van der Waals surface area contributed by atoms with E-state index < -0.39 is 48.1 Å². The highest BCUT2D eigenvalue weighted by atomic mass is 79.9. The van der Waals surface area contributed by atoms with Gasteiger partial charge < -0.3 is 56.1 Å². The number of nitrogens with one attached hydrogen (secondary N) is 6. The number of amides is 6. The summed E-state index contributed by atoms with van der Waals surface area (Å²) in [5.74, 6) is -6.45. The van der Waals surface area contributed by atoms with E-state index in [9.17, 15) is 83.0 Å². The first-order valence-corrected chi connectivity index (χ1v) is 45.9. The summed E-state index contributed by atoms with van der Waals surface area (Å²) in [6.45, 7) is 0.438. The molecule has 35 heteroatoms. The molecule has 5 aromatic heterocycles. The number of phenols is 1. The van der Waals surface area contributed by atoms with Crippen molar-refractivity contribution in [1.82, 2.24) is 5.32 Å². The van der Waals surface area contributed by atoms with Gasteiger partial charge in [0.25, 0.3) is 0 Å². The van der Waals surface area contributed by atoms with Gasteiger partial charge in [0.2, 0.25) is 11.8 Å². The average Bonchev–Trinajstić information content (AvgIpc) is 1.69. The molecule has 132 heavy (non-hydrogen) atoms. The fourth-order valence-corrected chi connectivity index (χ4v) is 18.1. The normalized spacial score (nSPS) is 10.4. The molecule has 0 spiro atoms. The van der Waals surface area contributed by atoms with Crippen LogP contribution >= 0.6 is 119 Å². The molecule has 12 N–H and O–H groups in total. The molecule has 6 amide bonds. The molecule has 0 radical (unpaired) electrons. The third-order valence-electron chi connectivity index (χ3n) is 18.9. The smallest absolute Gasteiger partial charge is 0.412 e. The molecule has 0 atom stereocenters. The zero-order valence-electron chi connectivity index (χ0n) is 68.6. The maximum atomic E-state index is 13.6. The number of halogens is 6. The number of ether oxygens (including phenoxy) is 2. The minimum atomic E-state index is -1.15. The van der Waals surface area contributed by atoms with Crippen LogP contribution in [0.25, 0.3) is 55.6 Å². The Balaban J connectivity index is 0.000000159. The molecule has 0 aliphatic rings. The topological polar surface area (TPSA) is 383 Å². The van der Waals surface area contributed by atoms with E-state index in [0.717, 1.165) is 60.7 Å². The number of aryl methyl sites for hydroxylation is 2. The van der Waals surface area contributed by atoms with Gasteiger partial charge in [-0.15, -0.1) is 56.7 Å². The Kier molecular flexibility index (Phi) is 36.4. The lowest BCUT2D eigenvalue weighted by Crippen LogP contribution is -2.28. The molecule has 24 nitrogen and oxygen atoms in total. The number of carbonyl (C=O) groups is 10.